The fourth-order valence-electron chi connectivity index (χ4n) is 2.21. The summed E-state index contributed by atoms with van der Waals surface area (Å²) in [7, 11) is 0. The summed E-state index contributed by atoms with van der Waals surface area (Å²) in [6.07, 6.45) is 1.62. The minimum Gasteiger partial charge on any atom is -0.305 e. The van der Waals surface area contributed by atoms with Crippen LogP contribution in [0.2, 0.25) is 5.02 Å². The molecule has 20 heavy (non-hydrogen) atoms. The molecule has 2 aromatic rings. The number of hydrogen-bond acceptors (Lipinski definition) is 2. The Balaban J connectivity index is 2.56. The topological polar surface area (TPSA) is 29.9 Å². The second-order valence-electron chi connectivity index (χ2n) is 4.33. The molecule has 1 aromatic heterocycles. The zero-order chi connectivity index (χ0) is 14.7. The zero-order valence-corrected chi connectivity index (χ0v) is 13.7. The van der Waals surface area contributed by atoms with E-state index in [1.165, 1.54) is 6.07 Å². The third-order valence-corrected chi connectivity index (χ3v) is 4.23. The smallest absolute Gasteiger partial charge is 0.137 e. The van der Waals surface area contributed by atoms with Gasteiger partial charge in [0.05, 0.1) is 27.4 Å². The third-order valence-electron chi connectivity index (χ3n) is 3.11. The Morgan fingerprint density at radius 1 is 1.45 bits per heavy atom. The van der Waals surface area contributed by atoms with Crippen LogP contribution in [-0.4, -0.2) is 16.3 Å². The molecule has 0 aliphatic rings. The van der Waals surface area contributed by atoms with Gasteiger partial charge in [-0.1, -0.05) is 30.7 Å². The zero-order valence-electron chi connectivity index (χ0n) is 11.3. The van der Waals surface area contributed by atoms with Crippen LogP contribution in [-0.2, 0) is 6.54 Å². The number of aromatic nitrogens is 2. The molecule has 0 aliphatic carbocycles. The van der Waals surface area contributed by atoms with Gasteiger partial charge >= 0.3 is 0 Å². The molecule has 0 radical (unpaired) electrons. The summed E-state index contributed by atoms with van der Waals surface area (Å²) in [4.78, 5) is 0. The Kier molecular flexibility index (Phi) is 5.18. The summed E-state index contributed by atoms with van der Waals surface area (Å²) in [6.45, 7) is 5.44. The first-order valence-electron chi connectivity index (χ1n) is 6.48. The Bertz CT molecular complexity index is 600. The highest BCUT2D eigenvalue weighted by Crippen LogP contribution is 2.33. The van der Waals surface area contributed by atoms with Crippen LogP contribution in [0, 0.1) is 5.82 Å². The molecule has 1 atom stereocenters. The summed E-state index contributed by atoms with van der Waals surface area (Å²) in [5.41, 5.74) is 1.66. The van der Waals surface area contributed by atoms with Crippen molar-refractivity contribution in [3.63, 3.8) is 0 Å². The largest absolute Gasteiger partial charge is 0.305 e. The minimum atomic E-state index is -0.288. The number of nitrogens with zero attached hydrogens (tertiary/aromatic N) is 2. The highest BCUT2D eigenvalue weighted by atomic mass is 79.9. The molecule has 1 N–H and O–H groups in total. The van der Waals surface area contributed by atoms with Gasteiger partial charge in [-0.2, -0.15) is 5.10 Å². The van der Waals surface area contributed by atoms with E-state index < -0.39 is 0 Å². The number of rotatable bonds is 5. The molecule has 1 heterocycles. The fourth-order valence-corrected chi connectivity index (χ4v) is 2.96. The van der Waals surface area contributed by atoms with Gasteiger partial charge in [0.15, 0.2) is 0 Å². The highest BCUT2D eigenvalue weighted by molar-refractivity contribution is 9.10. The van der Waals surface area contributed by atoms with Crippen LogP contribution < -0.4 is 5.32 Å². The van der Waals surface area contributed by atoms with Gasteiger partial charge in [-0.3, -0.25) is 4.68 Å². The highest BCUT2D eigenvalue weighted by Gasteiger charge is 2.23. The van der Waals surface area contributed by atoms with Crippen LogP contribution in [0.5, 0.6) is 0 Å². The van der Waals surface area contributed by atoms with E-state index in [4.69, 9.17) is 11.6 Å². The average Bonchev–Trinajstić information content (AvgIpc) is 2.81. The molecule has 0 aliphatic heterocycles. The normalized spacial score (nSPS) is 12.7. The predicted molar refractivity (Wildman–Crippen MR) is 82.5 cm³/mol. The number of aryl methyl sites for hydroxylation is 1. The number of nitrogens with one attached hydrogen (secondary N) is 1. The molecule has 2 rings (SSSR count). The lowest BCUT2D eigenvalue weighted by molar-refractivity contribution is 0.536. The van der Waals surface area contributed by atoms with Crippen molar-refractivity contribution in [3.05, 3.63) is 51.0 Å². The first-order chi connectivity index (χ1) is 9.60. The maximum atomic E-state index is 13.8. The van der Waals surface area contributed by atoms with Gasteiger partial charge in [0, 0.05) is 6.54 Å². The maximum absolute atomic E-state index is 13.8. The standard InChI is InChI=1S/C14H16BrClFN3/c1-3-18-13(9-6-5-7-11(17)12(9)15)14-10(16)8-19-20(14)4-2/h5-8,13,18H,3-4H2,1-2H3. The molecule has 0 saturated heterocycles. The Labute approximate surface area is 131 Å². The fraction of sp³-hybridized carbons (Fsp3) is 0.357. The summed E-state index contributed by atoms with van der Waals surface area (Å²) in [5, 5.41) is 8.17. The molecule has 108 valence electrons. The van der Waals surface area contributed by atoms with Gasteiger partial charge in [-0.05, 0) is 41.0 Å². The van der Waals surface area contributed by atoms with Gasteiger partial charge in [0.2, 0.25) is 0 Å². The Morgan fingerprint density at radius 3 is 2.85 bits per heavy atom. The van der Waals surface area contributed by atoms with Crippen LogP contribution in [0.4, 0.5) is 4.39 Å². The van der Waals surface area contributed by atoms with E-state index in [1.807, 2.05) is 24.6 Å². The van der Waals surface area contributed by atoms with E-state index in [1.54, 1.807) is 12.3 Å². The summed E-state index contributed by atoms with van der Waals surface area (Å²) in [5.74, 6) is -0.288. The summed E-state index contributed by atoms with van der Waals surface area (Å²) >= 11 is 9.58. The Morgan fingerprint density at radius 2 is 2.20 bits per heavy atom. The summed E-state index contributed by atoms with van der Waals surface area (Å²) in [6, 6.07) is 4.79. The second kappa shape index (κ2) is 6.70. The van der Waals surface area contributed by atoms with E-state index in [9.17, 15) is 4.39 Å². The molecule has 0 fully saturated rings. The van der Waals surface area contributed by atoms with Crippen molar-refractivity contribution in [1.82, 2.24) is 15.1 Å². The third kappa shape index (κ3) is 2.90. The van der Waals surface area contributed by atoms with E-state index in [2.05, 4.69) is 26.3 Å². The van der Waals surface area contributed by atoms with Crippen LogP contribution in [0.25, 0.3) is 0 Å². The van der Waals surface area contributed by atoms with Crippen molar-refractivity contribution >= 4 is 27.5 Å². The van der Waals surface area contributed by atoms with Crippen molar-refractivity contribution in [2.24, 2.45) is 0 Å². The van der Waals surface area contributed by atoms with Gasteiger partial charge in [0.1, 0.15) is 5.82 Å². The molecule has 1 unspecified atom stereocenters. The number of hydrogen-bond donors (Lipinski definition) is 1. The SMILES string of the molecule is CCNC(c1cccc(F)c1Br)c1c(Cl)cnn1CC. The van der Waals surface area contributed by atoms with Gasteiger partial charge in [-0.15, -0.1) is 0 Å². The lowest BCUT2D eigenvalue weighted by Crippen LogP contribution is -2.25. The monoisotopic (exact) mass is 359 g/mol. The van der Waals surface area contributed by atoms with Gasteiger partial charge in [-0.25, -0.2) is 4.39 Å². The number of benzene rings is 1. The van der Waals surface area contributed by atoms with Crippen LogP contribution >= 0.6 is 27.5 Å². The lowest BCUT2D eigenvalue weighted by atomic mass is 10.0. The van der Waals surface area contributed by atoms with Crippen LogP contribution in [0.1, 0.15) is 31.1 Å². The number of halogens is 3. The average molecular weight is 361 g/mol. The van der Waals surface area contributed by atoms with E-state index >= 15 is 0 Å². The first kappa shape index (κ1) is 15.5. The van der Waals surface area contributed by atoms with Crippen molar-refractivity contribution < 1.29 is 4.39 Å². The molecule has 0 amide bonds. The lowest BCUT2D eigenvalue weighted by Gasteiger charge is -2.21. The molecular weight excluding hydrogens is 345 g/mol. The molecule has 1 aromatic carbocycles. The van der Waals surface area contributed by atoms with E-state index in [0.717, 1.165) is 17.8 Å². The van der Waals surface area contributed by atoms with Crippen LogP contribution in [0.15, 0.2) is 28.9 Å². The molecule has 0 bridgehead atoms. The maximum Gasteiger partial charge on any atom is 0.137 e. The van der Waals surface area contributed by atoms with Crippen LogP contribution in [0.3, 0.4) is 0 Å². The van der Waals surface area contributed by atoms with E-state index in [-0.39, 0.29) is 11.9 Å². The first-order valence-corrected chi connectivity index (χ1v) is 7.65. The van der Waals surface area contributed by atoms with E-state index in [0.29, 0.717) is 16.0 Å². The van der Waals surface area contributed by atoms with Crippen molar-refractivity contribution in [2.75, 3.05) is 6.54 Å². The Hall–Kier alpha value is -0.910. The van der Waals surface area contributed by atoms with Crippen molar-refractivity contribution in [3.8, 4) is 0 Å². The predicted octanol–water partition coefficient (Wildman–Crippen LogP) is 4.16. The molecule has 3 nitrogen and oxygen atoms in total. The van der Waals surface area contributed by atoms with Crippen molar-refractivity contribution in [2.45, 2.75) is 26.4 Å². The quantitative estimate of drug-likeness (QED) is 0.868. The summed E-state index contributed by atoms with van der Waals surface area (Å²) < 4.78 is 16.1. The molecule has 0 spiro atoms. The molecule has 0 saturated carbocycles. The molecular formula is C14H16BrClFN3. The second-order valence-corrected chi connectivity index (χ2v) is 5.53. The minimum absolute atomic E-state index is 0.208. The molecule has 6 heteroatoms. The van der Waals surface area contributed by atoms with Crippen molar-refractivity contribution in [1.29, 1.82) is 0 Å². The van der Waals surface area contributed by atoms with Gasteiger partial charge in [0.25, 0.3) is 0 Å². The van der Waals surface area contributed by atoms with Gasteiger partial charge < -0.3 is 5.32 Å².